The van der Waals surface area contributed by atoms with Crippen LogP contribution in [0.25, 0.3) is 16.7 Å². The van der Waals surface area contributed by atoms with E-state index in [1.165, 1.54) is 6.33 Å². The van der Waals surface area contributed by atoms with Crippen LogP contribution in [-0.4, -0.2) is 51.0 Å². The number of aromatic amines is 1. The fourth-order valence-corrected chi connectivity index (χ4v) is 4.69. The van der Waals surface area contributed by atoms with Crippen LogP contribution in [0.5, 0.6) is 5.75 Å². The molecule has 0 atom stereocenters. The van der Waals surface area contributed by atoms with E-state index in [4.69, 9.17) is 10.5 Å². The maximum Gasteiger partial charge on any atom is 0.277 e. The van der Waals surface area contributed by atoms with Gasteiger partial charge in [-0.05, 0) is 68.6 Å². The van der Waals surface area contributed by atoms with Crippen LogP contribution < -0.4 is 21.1 Å². The maximum absolute atomic E-state index is 13.3. The third kappa shape index (κ3) is 5.79. The molecule has 4 aromatic rings. The molecule has 12 heteroatoms. The molecule has 1 saturated heterocycles. The van der Waals surface area contributed by atoms with Gasteiger partial charge in [0, 0.05) is 10.5 Å². The lowest BCUT2D eigenvalue weighted by Gasteiger charge is -2.22. The zero-order valence-electron chi connectivity index (χ0n) is 20.1. The van der Waals surface area contributed by atoms with Crippen molar-refractivity contribution in [1.82, 2.24) is 24.8 Å². The number of aryl methyl sites for hydroxylation is 1. The van der Waals surface area contributed by atoms with Crippen molar-refractivity contribution in [2.45, 2.75) is 19.8 Å². The second kappa shape index (κ2) is 11.3. The van der Waals surface area contributed by atoms with Gasteiger partial charge in [0.05, 0.1) is 23.3 Å². The second-order valence-electron chi connectivity index (χ2n) is 8.83. The number of nitrogens with two attached hydrogens (primary N) is 1. The van der Waals surface area contributed by atoms with Gasteiger partial charge >= 0.3 is 0 Å². The van der Waals surface area contributed by atoms with Crippen LogP contribution in [0.4, 0.5) is 5.95 Å². The summed E-state index contributed by atoms with van der Waals surface area (Å²) in [5.41, 5.74) is 8.39. The molecule has 10 nitrogen and oxygen atoms in total. The van der Waals surface area contributed by atoms with Crippen molar-refractivity contribution in [3.8, 4) is 11.4 Å². The van der Waals surface area contributed by atoms with Crippen LogP contribution in [0.15, 0.2) is 47.2 Å². The van der Waals surface area contributed by atoms with Gasteiger partial charge in [-0.1, -0.05) is 22.0 Å². The number of nitrogens with one attached hydrogen (secondary N) is 3. The molecular weight excluding hydrogens is 562 g/mol. The number of fused-ring (bicyclic) bond motifs is 1. The number of amides is 2. The zero-order chi connectivity index (χ0) is 25.2. The molecule has 1 aliphatic rings. The predicted octanol–water partition coefficient (Wildman–Crippen LogP) is 3.97. The topological polar surface area (TPSA) is 140 Å². The number of carbonyl (C=O) groups excluding carboxylic acids is 2. The van der Waals surface area contributed by atoms with E-state index < -0.39 is 11.8 Å². The number of aromatic nitrogens is 4. The first-order valence-electron chi connectivity index (χ1n) is 11.7. The average Bonchev–Trinajstić information content (AvgIpc) is 3.48. The Kier molecular flexibility index (Phi) is 8.16. The lowest BCUT2D eigenvalue weighted by molar-refractivity contribution is 0.0970. The molecule has 1 fully saturated rings. The minimum atomic E-state index is -0.799. The van der Waals surface area contributed by atoms with E-state index in [0.717, 1.165) is 47.2 Å². The maximum atomic E-state index is 13.3. The Bertz CT molecular complexity index is 1450. The number of imidazole rings is 2. The standard InChI is InChI=1S/C25H26BrN7O3.ClH/c1-14-2-3-16(26)10-20(14)33-13-29-21(23(27)34)22(33)24(35)32-25-30-18-5-4-17(11-19(18)31-25)36-12-15-6-8-28-9-7-15;/h2-5,10-11,13,15,28H,6-9,12H2,1H3,(H2,27,34)(H2,30,31,32,35);1H. The van der Waals surface area contributed by atoms with E-state index >= 15 is 0 Å². The summed E-state index contributed by atoms with van der Waals surface area (Å²) in [6.45, 7) is 4.61. The van der Waals surface area contributed by atoms with E-state index in [9.17, 15) is 9.59 Å². The SMILES string of the molecule is Cc1ccc(Br)cc1-n1cnc(C(N)=O)c1C(=O)Nc1nc2ccc(OCC3CCNCC3)cc2[nH]1.Cl. The van der Waals surface area contributed by atoms with Crippen molar-refractivity contribution in [3.05, 3.63) is 64.1 Å². The third-order valence-electron chi connectivity index (χ3n) is 6.28. The number of ether oxygens (including phenoxy) is 1. The van der Waals surface area contributed by atoms with Crippen molar-refractivity contribution in [2.75, 3.05) is 25.0 Å². The third-order valence-corrected chi connectivity index (χ3v) is 6.77. The molecule has 0 spiro atoms. The van der Waals surface area contributed by atoms with Gasteiger partial charge in [-0.15, -0.1) is 12.4 Å². The lowest BCUT2D eigenvalue weighted by atomic mass is 9.99. The Balaban J connectivity index is 0.00000320. The van der Waals surface area contributed by atoms with Crippen molar-refractivity contribution < 1.29 is 14.3 Å². The quantitative estimate of drug-likeness (QED) is 0.258. The first-order chi connectivity index (χ1) is 17.4. The average molecular weight is 589 g/mol. The van der Waals surface area contributed by atoms with Gasteiger partial charge in [-0.3, -0.25) is 19.5 Å². The van der Waals surface area contributed by atoms with Gasteiger partial charge in [-0.25, -0.2) is 9.97 Å². The van der Waals surface area contributed by atoms with E-state index in [-0.39, 0.29) is 29.7 Å². The molecule has 1 aliphatic heterocycles. The summed E-state index contributed by atoms with van der Waals surface area (Å²) in [5.74, 6) is 0.145. The molecule has 0 unspecified atom stereocenters. The zero-order valence-corrected chi connectivity index (χ0v) is 22.5. The van der Waals surface area contributed by atoms with Crippen LogP contribution >= 0.6 is 28.3 Å². The van der Waals surface area contributed by atoms with Gasteiger partial charge < -0.3 is 20.8 Å². The summed E-state index contributed by atoms with van der Waals surface area (Å²) in [6.07, 6.45) is 3.62. The number of rotatable bonds is 7. The number of carbonyl (C=O) groups is 2. The number of primary amides is 1. The monoisotopic (exact) mass is 587 g/mol. The predicted molar refractivity (Wildman–Crippen MR) is 147 cm³/mol. The number of benzene rings is 2. The van der Waals surface area contributed by atoms with E-state index in [0.29, 0.717) is 23.7 Å². The van der Waals surface area contributed by atoms with E-state index in [2.05, 4.69) is 41.5 Å². The van der Waals surface area contributed by atoms with E-state index in [1.54, 1.807) is 4.57 Å². The number of piperidine rings is 1. The normalized spacial score (nSPS) is 13.8. The Morgan fingerprint density at radius 1 is 1.22 bits per heavy atom. The molecule has 0 aliphatic carbocycles. The highest BCUT2D eigenvalue weighted by atomic mass is 79.9. The smallest absolute Gasteiger partial charge is 0.277 e. The highest BCUT2D eigenvalue weighted by Crippen LogP contribution is 2.25. The Hall–Kier alpha value is -3.41. The molecule has 5 N–H and O–H groups in total. The highest BCUT2D eigenvalue weighted by Gasteiger charge is 2.25. The molecular formula is C25H27BrClN7O3. The summed E-state index contributed by atoms with van der Waals surface area (Å²) in [7, 11) is 0. The summed E-state index contributed by atoms with van der Waals surface area (Å²) in [5, 5.41) is 6.10. The summed E-state index contributed by atoms with van der Waals surface area (Å²) in [6, 6.07) is 11.2. The Morgan fingerprint density at radius 3 is 2.76 bits per heavy atom. The Morgan fingerprint density at radius 2 is 2.00 bits per heavy atom. The van der Waals surface area contributed by atoms with Crippen LogP contribution in [-0.2, 0) is 0 Å². The van der Waals surface area contributed by atoms with Gasteiger partial charge in [-0.2, -0.15) is 0 Å². The Labute approximate surface area is 227 Å². The molecule has 2 amide bonds. The summed E-state index contributed by atoms with van der Waals surface area (Å²) < 4.78 is 8.37. The first-order valence-corrected chi connectivity index (χ1v) is 12.5. The van der Waals surface area contributed by atoms with Crippen molar-refractivity contribution in [2.24, 2.45) is 11.7 Å². The number of hydrogen-bond acceptors (Lipinski definition) is 6. The van der Waals surface area contributed by atoms with Crippen LogP contribution in [0, 0.1) is 12.8 Å². The highest BCUT2D eigenvalue weighted by molar-refractivity contribution is 9.10. The molecule has 2 aromatic heterocycles. The molecule has 0 saturated carbocycles. The number of hydrogen-bond donors (Lipinski definition) is 4. The van der Waals surface area contributed by atoms with Crippen LogP contribution in [0.3, 0.4) is 0 Å². The van der Waals surface area contributed by atoms with Gasteiger partial charge in [0.1, 0.15) is 17.8 Å². The van der Waals surface area contributed by atoms with Gasteiger partial charge in [0.2, 0.25) is 5.95 Å². The van der Waals surface area contributed by atoms with Gasteiger partial charge in [0.15, 0.2) is 5.69 Å². The second-order valence-corrected chi connectivity index (χ2v) is 9.75. The summed E-state index contributed by atoms with van der Waals surface area (Å²) in [4.78, 5) is 37.0. The lowest BCUT2D eigenvalue weighted by Crippen LogP contribution is -2.30. The minimum absolute atomic E-state index is 0. The minimum Gasteiger partial charge on any atom is -0.493 e. The number of anilines is 1. The molecule has 3 heterocycles. The first kappa shape index (κ1) is 26.6. The molecule has 0 radical (unpaired) electrons. The number of halogens is 2. The molecule has 2 aromatic carbocycles. The molecule has 0 bridgehead atoms. The fraction of sp³-hybridized carbons (Fsp3) is 0.280. The largest absolute Gasteiger partial charge is 0.493 e. The van der Waals surface area contributed by atoms with Crippen LogP contribution in [0.2, 0.25) is 0 Å². The number of nitrogens with zero attached hydrogens (tertiary/aromatic N) is 3. The molecule has 194 valence electrons. The van der Waals surface area contributed by atoms with Crippen molar-refractivity contribution in [1.29, 1.82) is 0 Å². The molecule has 5 rings (SSSR count). The summed E-state index contributed by atoms with van der Waals surface area (Å²) >= 11 is 3.45. The molecule has 37 heavy (non-hydrogen) atoms. The van der Waals surface area contributed by atoms with Crippen molar-refractivity contribution in [3.63, 3.8) is 0 Å². The number of H-pyrrole nitrogens is 1. The van der Waals surface area contributed by atoms with Gasteiger partial charge in [0.25, 0.3) is 11.8 Å². The van der Waals surface area contributed by atoms with E-state index in [1.807, 2.05) is 43.3 Å². The fourth-order valence-electron chi connectivity index (χ4n) is 4.34. The van der Waals surface area contributed by atoms with Crippen molar-refractivity contribution >= 4 is 57.1 Å². The van der Waals surface area contributed by atoms with Crippen LogP contribution in [0.1, 0.15) is 39.4 Å².